The first kappa shape index (κ1) is 16.8. The van der Waals surface area contributed by atoms with Crippen molar-refractivity contribution in [1.29, 1.82) is 0 Å². The number of hydrogen-bond acceptors (Lipinski definition) is 2. The molecule has 0 aliphatic carbocycles. The van der Waals surface area contributed by atoms with Gasteiger partial charge in [-0.2, -0.15) is 13.2 Å². The van der Waals surface area contributed by atoms with Gasteiger partial charge < -0.3 is 10.1 Å². The Morgan fingerprint density at radius 1 is 1.30 bits per heavy atom. The van der Waals surface area contributed by atoms with Gasteiger partial charge >= 0.3 is 6.18 Å². The zero-order valence-corrected chi connectivity index (χ0v) is 12.0. The summed E-state index contributed by atoms with van der Waals surface area (Å²) in [6.07, 6.45) is -3.27. The lowest BCUT2D eigenvalue weighted by Crippen LogP contribution is -2.33. The summed E-state index contributed by atoms with van der Waals surface area (Å²) >= 11 is 0. The van der Waals surface area contributed by atoms with E-state index in [1.54, 1.807) is 7.11 Å². The number of halogens is 3. The molecule has 0 saturated carbocycles. The summed E-state index contributed by atoms with van der Waals surface area (Å²) in [5.41, 5.74) is 0.986. The molecule has 1 unspecified atom stereocenters. The van der Waals surface area contributed by atoms with E-state index in [9.17, 15) is 13.2 Å². The van der Waals surface area contributed by atoms with E-state index < -0.39 is 12.6 Å². The second-order valence-corrected chi connectivity index (χ2v) is 4.86. The Morgan fingerprint density at radius 3 is 2.65 bits per heavy atom. The molecule has 0 amide bonds. The van der Waals surface area contributed by atoms with Gasteiger partial charge in [-0.3, -0.25) is 0 Å². The van der Waals surface area contributed by atoms with Gasteiger partial charge in [-0.25, -0.2) is 0 Å². The Morgan fingerprint density at radius 2 is 2.05 bits per heavy atom. The number of benzene rings is 1. The summed E-state index contributed by atoms with van der Waals surface area (Å²) in [4.78, 5) is 0. The zero-order valence-electron chi connectivity index (χ0n) is 12.0. The molecule has 2 nitrogen and oxygen atoms in total. The van der Waals surface area contributed by atoms with E-state index in [1.807, 2.05) is 31.2 Å². The van der Waals surface area contributed by atoms with Gasteiger partial charge in [-0.15, -0.1) is 0 Å². The first-order valence-corrected chi connectivity index (χ1v) is 6.87. The van der Waals surface area contributed by atoms with Crippen LogP contribution in [0.3, 0.4) is 0 Å². The van der Waals surface area contributed by atoms with Gasteiger partial charge in [0.1, 0.15) is 5.75 Å². The normalized spacial score (nSPS) is 13.2. The van der Waals surface area contributed by atoms with Crippen molar-refractivity contribution in [2.24, 2.45) is 0 Å². The molecule has 1 rings (SSSR count). The number of ether oxygens (including phenoxy) is 1. The molecular weight excluding hydrogens is 267 g/mol. The van der Waals surface area contributed by atoms with E-state index in [0.717, 1.165) is 24.3 Å². The van der Waals surface area contributed by atoms with Crippen LogP contribution in [0.1, 0.15) is 31.7 Å². The van der Waals surface area contributed by atoms with Crippen molar-refractivity contribution < 1.29 is 17.9 Å². The minimum atomic E-state index is -4.10. The van der Waals surface area contributed by atoms with E-state index in [0.29, 0.717) is 6.42 Å². The summed E-state index contributed by atoms with van der Waals surface area (Å²) < 4.78 is 42.2. The predicted octanol–water partition coefficient (Wildman–Crippen LogP) is 3.95. The molecule has 20 heavy (non-hydrogen) atoms. The molecule has 1 N–H and O–H groups in total. The predicted molar refractivity (Wildman–Crippen MR) is 74.1 cm³/mol. The highest BCUT2D eigenvalue weighted by atomic mass is 19.4. The number of methoxy groups -OCH3 is 1. The third kappa shape index (κ3) is 6.80. The standard InChI is InChI=1S/C15H22F3NO/c1-3-9-19-13(7-8-15(16,17)18)10-12-5-4-6-14(11-12)20-2/h4-6,11,13,19H,3,7-10H2,1-2H3. The molecule has 0 fully saturated rings. The van der Waals surface area contributed by atoms with Gasteiger partial charge in [0.2, 0.25) is 0 Å². The van der Waals surface area contributed by atoms with Crippen LogP contribution in [0.5, 0.6) is 5.75 Å². The van der Waals surface area contributed by atoms with Crippen molar-refractivity contribution in [2.75, 3.05) is 13.7 Å². The molecule has 0 saturated heterocycles. The van der Waals surface area contributed by atoms with Crippen molar-refractivity contribution in [3.05, 3.63) is 29.8 Å². The highest BCUT2D eigenvalue weighted by molar-refractivity contribution is 5.28. The Kier molecular flexibility index (Phi) is 6.85. The smallest absolute Gasteiger partial charge is 0.389 e. The van der Waals surface area contributed by atoms with Crippen molar-refractivity contribution in [2.45, 2.75) is 44.8 Å². The maximum atomic E-state index is 12.3. The lowest BCUT2D eigenvalue weighted by Gasteiger charge is -2.19. The second kappa shape index (κ2) is 8.15. The fourth-order valence-electron chi connectivity index (χ4n) is 2.05. The molecule has 1 atom stereocenters. The minimum Gasteiger partial charge on any atom is -0.497 e. The molecule has 0 aromatic heterocycles. The number of nitrogens with one attached hydrogen (secondary N) is 1. The van der Waals surface area contributed by atoms with E-state index >= 15 is 0 Å². The van der Waals surface area contributed by atoms with Crippen molar-refractivity contribution in [1.82, 2.24) is 5.32 Å². The van der Waals surface area contributed by atoms with Crippen LogP contribution in [-0.4, -0.2) is 25.9 Å². The number of hydrogen-bond donors (Lipinski definition) is 1. The van der Waals surface area contributed by atoms with Crippen LogP contribution in [0, 0.1) is 0 Å². The maximum absolute atomic E-state index is 12.3. The van der Waals surface area contributed by atoms with Gasteiger partial charge in [0, 0.05) is 12.5 Å². The van der Waals surface area contributed by atoms with Gasteiger partial charge in [0.15, 0.2) is 0 Å². The van der Waals surface area contributed by atoms with Crippen molar-refractivity contribution in [3.8, 4) is 5.75 Å². The highest BCUT2D eigenvalue weighted by Crippen LogP contribution is 2.23. The lowest BCUT2D eigenvalue weighted by molar-refractivity contribution is -0.136. The van der Waals surface area contributed by atoms with Crippen molar-refractivity contribution in [3.63, 3.8) is 0 Å². The maximum Gasteiger partial charge on any atom is 0.389 e. The minimum absolute atomic E-state index is 0.0979. The SMILES string of the molecule is CCCNC(CCC(F)(F)F)Cc1cccc(OC)c1. The van der Waals surface area contributed by atoms with Crippen LogP contribution in [-0.2, 0) is 6.42 Å². The topological polar surface area (TPSA) is 21.3 Å². The van der Waals surface area contributed by atoms with E-state index in [-0.39, 0.29) is 12.5 Å². The van der Waals surface area contributed by atoms with E-state index in [1.165, 1.54) is 0 Å². The van der Waals surface area contributed by atoms with Crippen molar-refractivity contribution >= 4 is 0 Å². The first-order chi connectivity index (χ1) is 9.44. The van der Waals surface area contributed by atoms with Crippen LogP contribution in [0.25, 0.3) is 0 Å². The number of rotatable bonds is 8. The van der Waals surface area contributed by atoms with Crippen LogP contribution in [0.2, 0.25) is 0 Å². The molecule has 0 spiro atoms. The van der Waals surface area contributed by atoms with E-state index in [2.05, 4.69) is 5.32 Å². The molecule has 1 aromatic carbocycles. The summed E-state index contributed by atoms with van der Waals surface area (Å²) in [6.45, 7) is 2.73. The van der Waals surface area contributed by atoms with Gasteiger partial charge in [-0.1, -0.05) is 19.1 Å². The quantitative estimate of drug-likeness (QED) is 0.782. The third-order valence-corrected chi connectivity index (χ3v) is 3.08. The molecule has 114 valence electrons. The summed E-state index contributed by atoms with van der Waals surface area (Å²) in [5, 5.41) is 3.19. The summed E-state index contributed by atoms with van der Waals surface area (Å²) in [7, 11) is 1.58. The molecule has 0 aliphatic heterocycles. The van der Waals surface area contributed by atoms with Crippen LogP contribution in [0.4, 0.5) is 13.2 Å². The second-order valence-electron chi connectivity index (χ2n) is 4.86. The van der Waals surface area contributed by atoms with E-state index in [4.69, 9.17) is 4.74 Å². The largest absolute Gasteiger partial charge is 0.497 e. The van der Waals surface area contributed by atoms with Crippen LogP contribution < -0.4 is 10.1 Å². The molecule has 0 radical (unpaired) electrons. The lowest BCUT2D eigenvalue weighted by atomic mass is 10.0. The monoisotopic (exact) mass is 289 g/mol. The average molecular weight is 289 g/mol. The Hall–Kier alpha value is -1.23. The van der Waals surface area contributed by atoms with Gasteiger partial charge in [0.25, 0.3) is 0 Å². The zero-order chi connectivity index (χ0) is 15.0. The van der Waals surface area contributed by atoms with Crippen LogP contribution >= 0.6 is 0 Å². The molecule has 0 bridgehead atoms. The fourth-order valence-corrected chi connectivity index (χ4v) is 2.05. The molecule has 0 aliphatic rings. The molecule has 5 heteroatoms. The molecular formula is C15H22F3NO. The Bertz CT molecular complexity index is 393. The Labute approximate surface area is 118 Å². The third-order valence-electron chi connectivity index (χ3n) is 3.08. The van der Waals surface area contributed by atoms with Gasteiger partial charge in [0.05, 0.1) is 7.11 Å². The average Bonchev–Trinajstić information content (AvgIpc) is 2.41. The fraction of sp³-hybridized carbons (Fsp3) is 0.600. The Balaban J connectivity index is 2.62. The molecule has 0 heterocycles. The van der Waals surface area contributed by atoms with Crippen LogP contribution in [0.15, 0.2) is 24.3 Å². The first-order valence-electron chi connectivity index (χ1n) is 6.87. The number of alkyl halides is 3. The molecule has 1 aromatic rings. The highest BCUT2D eigenvalue weighted by Gasteiger charge is 2.28. The summed E-state index contributed by atoms with van der Waals surface area (Å²) in [6, 6.07) is 7.30. The van der Waals surface area contributed by atoms with Gasteiger partial charge in [-0.05, 0) is 43.5 Å². The summed E-state index contributed by atoms with van der Waals surface area (Å²) in [5.74, 6) is 0.729.